The monoisotopic (exact) mass is 421 g/mol. The molecule has 0 fully saturated rings. The van der Waals surface area contributed by atoms with Crippen LogP contribution in [-0.4, -0.2) is 44.4 Å². The molecular formula is C19H21F2N5O2S. The fourth-order valence-corrected chi connectivity index (χ4v) is 3.31. The van der Waals surface area contributed by atoms with E-state index in [0.717, 1.165) is 22.5 Å². The van der Waals surface area contributed by atoms with Gasteiger partial charge in [0.25, 0.3) is 5.78 Å². The highest BCUT2D eigenvalue weighted by molar-refractivity contribution is 7.99. The molecule has 3 rings (SSSR count). The standard InChI is InChI=1S/C19H21F2N5O2S/c1-11-12(2)23-18-24-19(25-26(18)13(11)3)29-10-16(27)22-9-8-14-4-6-15(7-5-14)28-17(20)21/h4-7,17H,8-10H2,1-3H3,(H,22,27). The molecule has 7 nitrogen and oxygen atoms in total. The molecule has 0 saturated carbocycles. The Hall–Kier alpha value is -2.75. The Labute approximate surface area is 170 Å². The molecule has 0 atom stereocenters. The van der Waals surface area contributed by atoms with E-state index in [4.69, 9.17) is 0 Å². The van der Waals surface area contributed by atoms with Crippen molar-refractivity contribution < 1.29 is 18.3 Å². The number of halogens is 2. The fourth-order valence-electron chi connectivity index (χ4n) is 2.66. The van der Waals surface area contributed by atoms with Gasteiger partial charge >= 0.3 is 6.61 Å². The summed E-state index contributed by atoms with van der Waals surface area (Å²) in [5.74, 6) is 0.685. The second-order valence-electron chi connectivity index (χ2n) is 6.42. The number of ether oxygens (including phenoxy) is 1. The van der Waals surface area contributed by atoms with Gasteiger partial charge in [-0.1, -0.05) is 23.9 Å². The van der Waals surface area contributed by atoms with Crippen LogP contribution in [0.4, 0.5) is 8.78 Å². The van der Waals surface area contributed by atoms with E-state index >= 15 is 0 Å². The van der Waals surface area contributed by atoms with E-state index < -0.39 is 6.61 Å². The van der Waals surface area contributed by atoms with Crippen LogP contribution in [0.25, 0.3) is 5.78 Å². The number of nitrogens with one attached hydrogen (secondary N) is 1. The molecule has 154 valence electrons. The maximum atomic E-state index is 12.1. The molecule has 29 heavy (non-hydrogen) atoms. The highest BCUT2D eigenvalue weighted by atomic mass is 32.2. The first-order valence-electron chi connectivity index (χ1n) is 8.97. The molecule has 0 unspecified atom stereocenters. The number of hydrogen-bond donors (Lipinski definition) is 1. The number of aryl methyl sites for hydroxylation is 2. The largest absolute Gasteiger partial charge is 0.435 e. The predicted molar refractivity (Wildman–Crippen MR) is 106 cm³/mol. The van der Waals surface area contributed by atoms with Crippen molar-refractivity contribution in [2.75, 3.05) is 12.3 Å². The van der Waals surface area contributed by atoms with E-state index in [-0.39, 0.29) is 17.4 Å². The first kappa shape index (κ1) is 21.0. The van der Waals surface area contributed by atoms with Gasteiger partial charge in [0, 0.05) is 17.9 Å². The zero-order chi connectivity index (χ0) is 21.0. The van der Waals surface area contributed by atoms with Crippen molar-refractivity contribution in [1.29, 1.82) is 0 Å². The highest BCUT2D eigenvalue weighted by Gasteiger charge is 2.12. The first-order chi connectivity index (χ1) is 13.8. The van der Waals surface area contributed by atoms with E-state index in [0.29, 0.717) is 23.9 Å². The van der Waals surface area contributed by atoms with Crippen molar-refractivity contribution in [3.05, 3.63) is 46.8 Å². The number of carbonyl (C=O) groups is 1. The molecule has 1 amide bonds. The molecule has 0 saturated heterocycles. The topological polar surface area (TPSA) is 81.4 Å². The van der Waals surface area contributed by atoms with Crippen molar-refractivity contribution in [1.82, 2.24) is 24.9 Å². The quantitative estimate of drug-likeness (QED) is 0.563. The van der Waals surface area contributed by atoms with Crippen molar-refractivity contribution in [3.63, 3.8) is 0 Å². The Balaban J connectivity index is 1.46. The number of carbonyl (C=O) groups excluding carboxylic acids is 1. The molecule has 0 aliphatic heterocycles. The van der Waals surface area contributed by atoms with Crippen LogP contribution in [0.3, 0.4) is 0 Å². The summed E-state index contributed by atoms with van der Waals surface area (Å²) in [6, 6.07) is 6.35. The van der Waals surface area contributed by atoms with E-state index in [1.807, 2.05) is 20.8 Å². The average Bonchev–Trinajstić information content (AvgIpc) is 3.08. The first-order valence-corrected chi connectivity index (χ1v) is 9.96. The summed E-state index contributed by atoms with van der Waals surface area (Å²) < 4.78 is 30.3. The summed E-state index contributed by atoms with van der Waals surface area (Å²) >= 11 is 1.25. The normalized spacial score (nSPS) is 11.2. The van der Waals surface area contributed by atoms with Crippen LogP contribution in [-0.2, 0) is 11.2 Å². The van der Waals surface area contributed by atoms with E-state index in [9.17, 15) is 13.6 Å². The highest BCUT2D eigenvalue weighted by Crippen LogP contribution is 2.18. The minimum Gasteiger partial charge on any atom is -0.435 e. The minimum absolute atomic E-state index is 0.110. The van der Waals surface area contributed by atoms with Gasteiger partial charge in [0.2, 0.25) is 11.1 Å². The van der Waals surface area contributed by atoms with Gasteiger partial charge in [-0.2, -0.15) is 13.8 Å². The maximum Gasteiger partial charge on any atom is 0.387 e. The number of hydrogen-bond acceptors (Lipinski definition) is 6. The maximum absolute atomic E-state index is 12.1. The molecule has 1 N–H and O–H groups in total. The Bertz CT molecular complexity index is 1010. The zero-order valence-corrected chi connectivity index (χ0v) is 17.1. The number of benzene rings is 1. The third-order valence-corrected chi connectivity index (χ3v) is 5.30. The molecule has 0 aliphatic rings. The number of thioether (sulfide) groups is 1. The number of rotatable bonds is 8. The van der Waals surface area contributed by atoms with Crippen LogP contribution >= 0.6 is 11.8 Å². The van der Waals surface area contributed by atoms with Crippen LogP contribution < -0.4 is 10.1 Å². The fraction of sp³-hybridized carbons (Fsp3) is 0.368. The number of fused-ring (bicyclic) bond motifs is 1. The Morgan fingerprint density at radius 3 is 2.62 bits per heavy atom. The molecule has 2 heterocycles. The second-order valence-corrected chi connectivity index (χ2v) is 7.37. The molecule has 2 aromatic heterocycles. The number of amides is 1. The number of aromatic nitrogens is 4. The molecule has 0 radical (unpaired) electrons. The molecule has 0 spiro atoms. The molecule has 0 bridgehead atoms. The van der Waals surface area contributed by atoms with Gasteiger partial charge in [-0.05, 0) is 50.5 Å². The lowest BCUT2D eigenvalue weighted by Crippen LogP contribution is -2.27. The van der Waals surface area contributed by atoms with E-state index in [2.05, 4.69) is 25.1 Å². The Kier molecular flexibility index (Phi) is 6.63. The van der Waals surface area contributed by atoms with Gasteiger partial charge in [0.1, 0.15) is 5.75 Å². The molecule has 3 aromatic rings. The summed E-state index contributed by atoms with van der Waals surface area (Å²) in [6.07, 6.45) is 0.583. The minimum atomic E-state index is -2.84. The van der Waals surface area contributed by atoms with Crippen molar-refractivity contribution in [2.24, 2.45) is 0 Å². The van der Waals surface area contributed by atoms with Gasteiger partial charge in [-0.3, -0.25) is 4.79 Å². The molecule has 1 aromatic carbocycles. The number of alkyl halides is 2. The lowest BCUT2D eigenvalue weighted by atomic mass is 10.1. The van der Waals surface area contributed by atoms with Gasteiger partial charge < -0.3 is 10.1 Å². The average molecular weight is 421 g/mol. The van der Waals surface area contributed by atoms with E-state index in [1.165, 1.54) is 23.9 Å². The predicted octanol–water partition coefficient (Wildman–Crippen LogP) is 3.10. The summed E-state index contributed by atoms with van der Waals surface area (Å²) in [4.78, 5) is 20.8. The van der Waals surface area contributed by atoms with Crippen LogP contribution in [0.2, 0.25) is 0 Å². The summed E-state index contributed by atoms with van der Waals surface area (Å²) in [7, 11) is 0. The van der Waals surface area contributed by atoms with Crippen molar-refractivity contribution in [2.45, 2.75) is 39.0 Å². The third kappa shape index (κ3) is 5.41. The smallest absolute Gasteiger partial charge is 0.387 e. The summed E-state index contributed by atoms with van der Waals surface area (Å²) in [5.41, 5.74) is 3.85. The summed E-state index contributed by atoms with van der Waals surface area (Å²) in [5, 5.41) is 7.72. The number of nitrogens with zero attached hydrogens (tertiary/aromatic N) is 4. The van der Waals surface area contributed by atoms with Gasteiger partial charge in [0.15, 0.2) is 0 Å². The lowest BCUT2D eigenvalue weighted by Gasteiger charge is -2.07. The van der Waals surface area contributed by atoms with Gasteiger partial charge in [0.05, 0.1) is 5.75 Å². The van der Waals surface area contributed by atoms with E-state index in [1.54, 1.807) is 16.6 Å². The van der Waals surface area contributed by atoms with Crippen LogP contribution in [0.15, 0.2) is 29.4 Å². The van der Waals surface area contributed by atoms with Crippen LogP contribution in [0.5, 0.6) is 5.75 Å². The Morgan fingerprint density at radius 1 is 1.21 bits per heavy atom. The zero-order valence-electron chi connectivity index (χ0n) is 16.3. The summed E-state index contributed by atoms with van der Waals surface area (Å²) in [6.45, 7) is 3.47. The molecule has 0 aliphatic carbocycles. The molecular weight excluding hydrogens is 400 g/mol. The van der Waals surface area contributed by atoms with Gasteiger partial charge in [-0.25, -0.2) is 9.50 Å². The SMILES string of the molecule is Cc1nc2nc(SCC(=O)NCCc3ccc(OC(F)F)cc3)nn2c(C)c1C. The van der Waals surface area contributed by atoms with Crippen molar-refractivity contribution >= 4 is 23.4 Å². The Morgan fingerprint density at radius 2 is 1.93 bits per heavy atom. The molecule has 10 heteroatoms. The third-order valence-electron chi connectivity index (χ3n) is 4.46. The lowest BCUT2D eigenvalue weighted by molar-refractivity contribution is -0.118. The van der Waals surface area contributed by atoms with Gasteiger partial charge in [-0.15, -0.1) is 5.10 Å². The van der Waals surface area contributed by atoms with Crippen LogP contribution in [0.1, 0.15) is 22.5 Å². The second kappa shape index (κ2) is 9.17. The van der Waals surface area contributed by atoms with Crippen LogP contribution in [0, 0.1) is 20.8 Å². The van der Waals surface area contributed by atoms with Crippen molar-refractivity contribution in [3.8, 4) is 5.75 Å².